The van der Waals surface area contributed by atoms with Crippen molar-refractivity contribution in [2.75, 3.05) is 26.4 Å². The van der Waals surface area contributed by atoms with E-state index in [-0.39, 0.29) is 0 Å². The summed E-state index contributed by atoms with van der Waals surface area (Å²) < 4.78 is 11.2. The van der Waals surface area contributed by atoms with Crippen molar-refractivity contribution in [2.45, 2.75) is 26.7 Å². The summed E-state index contributed by atoms with van der Waals surface area (Å²) >= 11 is 0. The van der Waals surface area contributed by atoms with Gasteiger partial charge in [-0.05, 0) is 37.4 Å². The van der Waals surface area contributed by atoms with Crippen LogP contribution in [0.2, 0.25) is 0 Å². The maximum Gasteiger partial charge on any atom is 0.125 e. The summed E-state index contributed by atoms with van der Waals surface area (Å²) in [7, 11) is 0. The first-order valence-electron chi connectivity index (χ1n) is 6.28. The topological polar surface area (TPSA) is 44.5 Å². The van der Waals surface area contributed by atoms with E-state index in [4.69, 9.17) is 15.2 Å². The number of ether oxygens (including phenoxy) is 2. The quantitative estimate of drug-likeness (QED) is 0.706. The molecule has 0 aliphatic heterocycles. The zero-order valence-electron chi connectivity index (χ0n) is 10.9. The third kappa shape index (κ3) is 4.75. The molecule has 1 aromatic rings. The van der Waals surface area contributed by atoms with Crippen LogP contribution in [0.3, 0.4) is 0 Å². The Balaban J connectivity index is 2.50. The summed E-state index contributed by atoms with van der Waals surface area (Å²) in [5, 5.41) is 0. The van der Waals surface area contributed by atoms with Crippen LogP contribution >= 0.6 is 0 Å². The molecule has 0 aliphatic rings. The van der Waals surface area contributed by atoms with Gasteiger partial charge in [0.2, 0.25) is 0 Å². The molecule has 0 bridgehead atoms. The number of hydrogen-bond donors (Lipinski definition) is 1. The van der Waals surface area contributed by atoms with Gasteiger partial charge in [-0.3, -0.25) is 0 Å². The molecule has 0 aliphatic carbocycles. The van der Waals surface area contributed by atoms with Crippen molar-refractivity contribution >= 4 is 0 Å². The fraction of sp³-hybridized carbons (Fsp3) is 0.571. The molecule has 96 valence electrons. The zero-order chi connectivity index (χ0) is 12.5. The molecule has 0 saturated carbocycles. The molecule has 2 N–H and O–H groups in total. The molecule has 0 heterocycles. The summed E-state index contributed by atoms with van der Waals surface area (Å²) in [4.78, 5) is 0. The van der Waals surface area contributed by atoms with Crippen LogP contribution in [0, 0.1) is 6.92 Å². The Kier molecular flexibility index (Phi) is 6.67. The van der Waals surface area contributed by atoms with Gasteiger partial charge < -0.3 is 15.2 Å². The first kappa shape index (κ1) is 14.0. The number of nitrogens with two attached hydrogens (primary N) is 1. The fourth-order valence-corrected chi connectivity index (χ4v) is 1.72. The van der Waals surface area contributed by atoms with Gasteiger partial charge in [0, 0.05) is 6.61 Å². The van der Waals surface area contributed by atoms with E-state index in [0.717, 1.165) is 30.8 Å². The van der Waals surface area contributed by atoms with E-state index in [9.17, 15) is 0 Å². The molecule has 0 fully saturated rings. The van der Waals surface area contributed by atoms with Gasteiger partial charge in [-0.25, -0.2) is 0 Å². The molecule has 0 amide bonds. The lowest BCUT2D eigenvalue weighted by Gasteiger charge is -2.13. The standard InChI is InChI=1S/C14H23NO2/c1-3-9-16-10-11-17-14-12(2)5-4-6-13(14)7-8-15/h4-6H,3,7-11,15H2,1-2H3. The van der Waals surface area contributed by atoms with E-state index in [1.165, 1.54) is 5.56 Å². The Morgan fingerprint density at radius 2 is 2.00 bits per heavy atom. The molecular formula is C14H23NO2. The molecule has 0 saturated heterocycles. The first-order chi connectivity index (χ1) is 8.29. The van der Waals surface area contributed by atoms with Crippen LogP contribution in [0.25, 0.3) is 0 Å². The first-order valence-corrected chi connectivity index (χ1v) is 6.28. The minimum atomic E-state index is 0.600. The number of rotatable bonds is 8. The average Bonchev–Trinajstić information content (AvgIpc) is 2.32. The third-order valence-electron chi connectivity index (χ3n) is 2.53. The van der Waals surface area contributed by atoms with E-state index in [2.05, 4.69) is 26.0 Å². The second-order valence-electron chi connectivity index (χ2n) is 4.06. The monoisotopic (exact) mass is 237 g/mol. The van der Waals surface area contributed by atoms with Crippen molar-refractivity contribution in [1.29, 1.82) is 0 Å². The molecule has 3 heteroatoms. The van der Waals surface area contributed by atoms with E-state index in [0.29, 0.717) is 19.8 Å². The smallest absolute Gasteiger partial charge is 0.125 e. The van der Waals surface area contributed by atoms with Crippen LogP contribution in [-0.4, -0.2) is 26.4 Å². The third-order valence-corrected chi connectivity index (χ3v) is 2.53. The van der Waals surface area contributed by atoms with Gasteiger partial charge >= 0.3 is 0 Å². The van der Waals surface area contributed by atoms with Crippen LogP contribution in [0.15, 0.2) is 18.2 Å². The van der Waals surface area contributed by atoms with Crippen molar-refractivity contribution in [3.63, 3.8) is 0 Å². The van der Waals surface area contributed by atoms with Gasteiger partial charge in [0.15, 0.2) is 0 Å². The summed E-state index contributed by atoms with van der Waals surface area (Å²) in [6, 6.07) is 6.17. The van der Waals surface area contributed by atoms with Gasteiger partial charge in [-0.2, -0.15) is 0 Å². The van der Waals surface area contributed by atoms with Crippen LogP contribution in [-0.2, 0) is 11.2 Å². The molecule has 0 unspecified atom stereocenters. The average molecular weight is 237 g/mol. The molecule has 17 heavy (non-hydrogen) atoms. The van der Waals surface area contributed by atoms with Crippen molar-refractivity contribution < 1.29 is 9.47 Å². The second-order valence-corrected chi connectivity index (χ2v) is 4.06. The normalized spacial score (nSPS) is 10.5. The van der Waals surface area contributed by atoms with Crippen molar-refractivity contribution in [1.82, 2.24) is 0 Å². The van der Waals surface area contributed by atoms with E-state index in [1.54, 1.807) is 0 Å². The van der Waals surface area contributed by atoms with Crippen LogP contribution in [0.5, 0.6) is 5.75 Å². The number of hydrogen-bond acceptors (Lipinski definition) is 3. The minimum Gasteiger partial charge on any atom is -0.491 e. The molecule has 0 aromatic heterocycles. The highest BCUT2D eigenvalue weighted by atomic mass is 16.5. The lowest BCUT2D eigenvalue weighted by Crippen LogP contribution is -2.11. The highest BCUT2D eigenvalue weighted by Crippen LogP contribution is 2.23. The summed E-state index contributed by atoms with van der Waals surface area (Å²) in [5.74, 6) is 0.970. The molecule has 0 spiro atoms. The SMILES string of the molecule is CCCOCCOc1c(C)cccc1CCN. The number of para-hydroxylation sites is 1. The summed E-state index contributed by atoms with van der Waals surface area (Å²) in [6.07, 6.45) is 1.90. The van der Waals surface area contributed by atoms with E-state index >= 15 is 0 Å². The van der Waals surface area contributed by atoms with Gasteiger partial charge in [-0.15, -0.1) is 0 Å². The highest BCUT2D eigenvalue weighted by Gasteiger charge is 2.05. The minimum absolute atomic E-state index is 0.600. The fourth-order valence-electron chi connectivity index (χ4n) is 1.72. The highest BCUT2D eigenvalue weighted by molar-refractivity contribution is 5.40. The summed E-state index contributed by atoms with van der Waals surface area (Å²) in [5.41, 5.74) is 7.94. The lowest BCUT2D eigenvalue weighted by molar-refractivity contribution is 0.100. The zero-order valence-corrected chi connectivity index (χ0v) is 10.9. The van der Waals surface area contributed by atoms with E-state index in [1.807, 2.05) is 6.07 Å². The Hall–Kier alpha value is -1.06. The van der Waals surface area contributed by atoms with Crippen LogP contribution < -0.4 is 10.5 Å². The van der Waals surface area contributed by atoms with Gasteiger partial charge in [0.05, 0.1) is 6.61 Å². The predicted molar refractivity (Wildman–Crippen MR) is 70.5 cm³/mol. The lowest BCUT2D eigenvalue weighted by atomic mass is 10.1. The van der Waals surface area contributed by atoms with Crippen molar-refractivity contribution in [3.05, 3.63) is 29.3 Å². The molecule has 3 nitrogen and oxygen atoms in total. The van der Waals surface area contributed by atoms with Gasteiger partial charge in [0.1, 0.15) is 12.4 Å². The van der Waals surface area contributed by atoms with Crippen LogP contribution in [0.1, 0.15) is 24.5 Å². The molecule has 0 radical (unpaired) electrons. The Morgan fingerprint density at radius 1 is 1.18 bits per heavy atom. The predicted octanol–water partition coefficient (Wildman–Crippen LogP) is 2.30. The van der Waals surface area contributed by atoms with Crippen molar-refractivity contribution in [2.24, 2.45) is 5.73 Å². The molecule has 1 aromatic carbocycles. The van der Waals surface area contributed by atoms with Crippen molar-refractivity contribution in [3.8, 4) is 5.75 Å². The molecule has 0 atom stereocenters. The van der Waals surface area contributed by atoms with E-state index < -0.39 is 0 Å². The molecule has 1 rings (SSSR count). The van der Waals surface area contributed by atoms with Gasteiger partial charge in [-0.1, -0.05) is 25.1 Å². The Labute approximate surface area is 104 Å². The van der Waals surface area contributed by atoms with Gasteiger partial charge in [0.25, 0.3) is 0 Å². The number of benzene rings is 1. The number of aryl methyl sites for hydroxylation is 1. The maximum absolute atomic E-state index is 5.79. The summed E-state index contributed by atoms with van der Waals surface area (Å²) in [6.45, 7) is 6.84. The Bertz CT molecular complexity index is 326. The largest absolute Gasteiger partial charge is 0.491 e. The molecular weight excluding hydrogens is 214 g/mol. The Morgan fingerprint density at radius 3 is 2.71 bits per heavy atom. The van der Waals surface area contributed by atoms with Crippen LogP contribution in [0.4, 0.5) is 0 Å². The second kappa shape index (κ2) is 8.09. The maximum atomic E-state index is 5.79.